The summed E-state index contributed by atoms with van der Waals surface area (Å²) in [7, 11) is 0. The minimum absolute atomic E-state index is 0.0504. The number of ether oxygens (including phenoxy) is 1. The second-order valence-electron chi connectivity index (χ2n) is 3.84. The van der Waals surface area contributed by atoms with Crippen LogP contribution in [0.15, 0.2) is 0 Å². The van der Waals surface area contributed by atoms with Gasteiger partial charge in [-0.05, 0) is 6.42 Å². The molecule has 106 valence electrons. The van der Waals surface area contributed by atoms with E-state index in [9.17, 15) is 18.4 Å². The zero-order valence-corrected chi connectivity index (χ0v) is 10.3. The maximum atomic E-state index is 11.7. The summed E-state index contributed by atoms with van der Waals surface area (Å²) in [6, 6.07) is 0. The molecule has 1 amide bonds. The first kappa shape index (κ1) is 16.8. The summed E-state index contributed by atoms with van der Waals surface area (Å²) in [5.41, 5.74) is 0. The first-order valence-electron chi connectivity index (χ1n) is 5.82. The topological polar surface area (TPSA) is 75.6 Å². The Balaban J connectivity index is 3.70. The third-order valence-electron chi connectivity index (χ3n) is 2.25. The van der Waals surface area contributed by atoms with E-state index in [-0.39, 0.29) is 19.6 Å². The predicted octanol–water partition coefficient (Wildman–Crippen LogP) is 1.28. The summed E-state index contributed by atoms with van der Waals surface area (Å²) in [4.78, 5) is 22.0. The summed E-state index contributed by atoms with van der Waals surface area (Å²) in [6.07, 6.45) is -1.40. The molecule has 1 unspecified atom stereocenters. The maximum Gasteiger partial charge on any atom is 0.308 e. The second kappa shape index (κ2) is 9.76. The van der Waals surface area contributed by atoms with E-state index in [4.69, 9.17) is 5.11 Å². The number of aliphatic carboxylic acids is 1. The number of amides is 1. The highest BCUT2D eigenvalue weighted by Crippen LogP contribution is 2.05. The predicted molar refractivity (Wildman–Crippen MR) is 60.5 cm³/mol. The van der Waals surface area contributed by atoms with Crippen LogP contribution in [0.4, 0.5) is 8.78 Å². The summed E-state index contributed by atoms with van der Waals surface area (Å²) in [5.74, 6) is -1.96. The molecule has 1 atom stereocenters. The lowest BCUT2D eigenvalue weighted by Crippen LogP contribution is -2.33. The van der Waals surface area contributed by atoms with Gasteiger partial charge in [0.05, 0.1) is 12.5 Å². The standard InChI is InChI=1S/C11H19F2NO4/c1-2-3-8(11(16)17)6-14-10(15)4-5-18-7-9(12)13/h8-9H,2-7H2,1H3,(H,14,15)(H,16,17). The number of hydrogen-bond donors (Lipinski definition) is 2. The largest absolute Gasteiger partial charge is 0.481 e. The Labute approximate surface area is 105 Å². The molecule has 7 heteroatoms. The lowest BCUT2D eigenvalue weighted by atomic mass is 10.0. The Hall–Kier alpha value is -1.24. The summed E-state index contributed by atoms with van der Waals surface area (Å²) in [5, 5.41) is 11.3. The quantitative estimate of drug-likeness (QED) is 0.585. The second-order valence-corrected chi connectivity index (χ2v) is 3.84. The van der Waals surface area contributed by atoms with Crippen LogP contribution in [0.5, 0.6) is 0 Å². The van der Waals surface area contributed by atoms with Crippen molar-refractivity contribution >= 4 is 11.9 Å². The molecule has 0 rings (SSSR count). The lowest BCUT2D eigenvalue weighted by Gasteiger charge is -2.12. The van der Waals surface area contributed by atoms with Crippen LogP contribution in [0.2, 0.25) is 0 Å². The Morgan fingerprint density at radius 3 is 2.56 bits per heavy atom. The van der Waals surface area contributed by atoms with Gasteiger partial charge in [-0.1, -0.05) is 13.3 Å². The number of halogens is 2. The fourth-order valence-corrected chi connectivity index (χ4v) is 1.32. The summed E-state index contributed by atoms with van der Waals surface area (Å²) in [6.45, 7) is 1.12. The molecule has 0 radical (unpaired) electrons. The highest BCUT2D eigenvalue weighted by molar-refractivity contribution is 5.77. The highest BCUT2D eigenvalue weighted by Gasteiger charge is 2.17. The molecule has 0 aliphatic heterocycles. The van der Waals surface area contributed by atoms with Crippen LogP contribution in [0.25, 0.3) is 0 Å². The molecular weight excluding hydrogens is 248 g/mol. The first-order chi connectivity index (χ1) is 8.47. The third kappa shape index (κ3) is 8.86. The van der Waals surface area contributed by atoms with Crippen molar-refractivity contribution in [1.82, 2.24) is 5.32 Å². The Morgan fingerprint density at radius 1 is 1.39 bits per heavy atom. The number of nitrogens with one attached hydrogen (secondary N) is 1. The smallest absolute Gasteiger partial charge is 0.308 e. The Kier molecular flexibility index (Phi) is 9.08. The van der Waals surface area contributed by atoms with Gasteiger partial charge in [-0.2, -0.15) is 0 Å². The number of alkyl halides is 2. The molecule has 0 aromatic carbocycles. The van der Waals surface area contributed by atoms with Gasteiger partial charge >= 0.3 is 5.97 Å². The van der Waals surface area contributed by atoms with Crippen molar-refractivity contribution in [3.63, 3.8) is 0 Å². The minimum atomic E-state index is -2.55. The molecule has 0 saturated carbocycles. The molecule has 0 aliphatic rings. The fourth-order valence-electron chi connectivity index (χ4n) is 1.32. The fraction of sp³-hybridized carbons (Fsp3) is 0.818. The number of carbonyl (C=O) groups is 2. The average Bonchev–Trinajstić information content (AvgIpc) is 2.29. The Morgan fingerprint density at radius 2 is 2.06 bits per heavy atom. The summed E-state index contributed by atoms with van der Waals surface area (Å²) < 4.78 is 27.9. The van der Waals surface area contributed by atoms with Crippen molar-refractivity contribution in [1.29, 1.82) is 0 Å². The van der Waals surface area contributed by atoms with Gasteiger partial charge in [0.25, 0.3) is 6.43 Å². The van der Waals surface area contributed by atoms with Gasteiger partial charge < -0.3 is 15.2 Å². The summed E-state index contributed by atoms with van der Waals surface area (Å²) >= 11 is 0. The van der Waals surface area contributed by atoms with Gasteiger partial charge in [-0.25, -0.2) is 8.78 Å². The van der Waals surface area contributed by atoms with Crippen molar-refractivity contribution in [3.8, 4) is 0 Å². The van der Waals surface area contributed by atoms with Crippen LogP contribution in [0, 0.1) is 5.92 Å². The third-order valence-corrected chi connectivity index (χ3v) is 2.25. The molecule has 0 aliphatic carbocycles. The van der Waals surface area contributed by atoms with Crippen LogP contribution in [0.1, 0.15) is 26.2 Å². The SMILES string of the molecule is CCCC(CNC(=O)CCOCC(F)F)C(=O)O. The van der Waals surface area contributed by atoms with E-state index < -0.39 is 30.8 Å². The van der Waals surface area contributed by atoms with E-state index in [0.29, 0.717) is 12.8 Å². The molecule has 0 saturated heterocycles. The molecule has 0 aromatic rings. The molecule has 2 N–H and O–H groups in total. The van der Waals surface area contributed by atoms with E-state index in [1.54, 1.807) is 0 Å². The van der Waals surface area contributed by atoms with E-state index in [1.165, 1.54) is 0 Å². The molecule has 18 heavy (non-hydrogen) atoms. The zero-order chi connectivity index (χ0) is 14.0. The number of rotatable bonds is 10. The molecule has 0 heterocycles. The number of carboxylic acids is 1. The van der Waals surface area contributed by atoms with Gasteiger partial charge in [0.1, 0.15) is 6.61 Å². The first-order valence-corrected chi connectivity index (χ1v) is 5.82. The van der Waals surface area contributed by atoms with Crippen molar-refractivity contribution in [2.45, 2.75) is 32.6 Å². The zero-order valence-electron chi connectivity index (χ0n) is 10.3. The monoisotopic (exact) mass is 267 g/mol. The van der Waals surface area contributed by atoms with Crippen LogP contribution in [-0.4, -0.2) is 43.2 Å². The minimum Gasteiger partial charge on any atom is -0.481 e. The van der Waals surface area contributed by atoms with Crippen molar-refractivity contribution in [2.75, 3.05) is 19.8 Å². The van der Waals surface area contributed by atoms with Gasteiger partial charge in [0.2, 0.25) is 5.91 Å². The van der Waals surface area contributed by atoms with Gasteiger partial charge in [-0.3, -0.25) is 9.59 Å². The number of carboxylic acid groups (broad SMARTS) is 1. The van der Waals surface area contributed by atoms with Crippen LogP contribution >= 0.6 is 0 Å². The Bertz CT molecular complexity index is 261. The van der Waals surface area contributed by atoms with E-state index in [2.05, 4.69) is 10.1 Å². The lowest BCUT2D eigenvalue weighted by molar-refractivity contribution is -0.142. The van der Waals surface area contributed by atoms with Crippen LogP contribution in [0.3, 0.4) is 0 Å². The van der Waals surface area contributed by atoms with E-state index in [1.807, 2.05) is 6.92 Å². The highest BCUT2D eigenvalue weighted by atomic mass is 19.3. The molecule has 5 nitrogen and oxygen atoms in total. The van der Waals surface area contributed by atoms with Gasteiger partial charge in [-0.15, -0.1) is 0 Å². The van der Waals surface area contributed by atoms with Crippen molar-refractivity contribution < 1.29 is 28.2 Å². The van der Waals surface area contributed by atoms with E-state index in [0.717, 1.165) is 0 Å². The molecule has 0 aromatic heterocycles. The number of hydrogen-bond acceptors (Lipinski definition) is 3. The maximum absolute atomic E-state index is 11.7. The van der Waals surface area contributed by atoms with Gasteiger partial charge in [0.15, 0.2) is 0 Å². The average molecular weight is 267 g/mol. The normalized spacial score (nSPS) is 12.4. The van der Waals surface area contributed by atoms with Crippen LogP contribution in [-0.2, 0) is 14.3 Å². The molecule has 0 fully saturated rings. The van der Waals surface area contributed by atoms with Gasteiger partial charge in [0, 0.05) is 13.0 Å². The molecule has 0 spiro atoms. The van der Waals surface area contributed by atoms with Crippen LogP contribution < -0.4 is 5.32 Å². The van der Waals surface area contributed by atoms with E-state index >= 15 is 0 Å². The molecular formula is C11H19F2NO4. The number of carbonyl (C=O) groups excluding carboxylic acids is 1. The van der Waals surface area contributed by atoms with Crippen molar-refractivity contribution in [3.05, 3.63) is 0 Å². The molecule has 0 bridgehead atoms. The van der Waals surface area contributed by atoms with Crippen molar-refractivity contribution in [2.24, 2.45) is 5.92 Å².